The normalized spacial score (nSPS) is 14.1. The lowest BCUT2D eigenvalue weighted by Crippen LogP contribution is -2.30. The molecule has 0 aliphatic heterocycles. The van der Waals surface area contributed by atoms with Crippen LogP contribution in [0.5, 0.6) is 0 Å². The highest BCUT2D eigenvalue weighted by atomic mass is 31.2. The molecular formula is C88H172O17P2. The van der Waals surface area contributed by atoms with Crippen LogP contribution in [0.1, 0.15) is 466 Å². The van der Waals surface area contributed by atoms with E-state index in [9.17, 15) is 43.2 Å². The maximum absolute atomic E-state index is 13.2. The van der Waals surface area contributed by atoms with Crippen molar-refractivity contribution in [2.45, 2.75) is 484 Å². The van der Waals surface area contributed by atoms with Crippen LogP contribution in [-0.2, 0) is 65.4 Å². The van der Waals surface area contributed by atoms with Crippen LogP contribution < -0.4 is 0 Å². The molecule has 0 saturated carbocycles. The van der Waals surface area contributed by atoms with Crippen molar-refractivity contribution in [1.29, 1.82) is 0 Å². The molecule has 0 radical (unpaired) electrons. The van der Waals surface area contributed by atoms with Crippen LogP contribution in [0.4, 0.5) is 0 Å². The van der Waals surface area contributed by atoms with Crippen molar-refractivity contribution in [2.24, 2.45) is 17.8 Å². The van der Waals surface area contributed by atoms with Crippen molar-refractivity contribution in [1.82, 2.24) is 0 Å². The molecule has 17 nitrogen and oxygen atoms in total. The molecule has 0 bridgehead atoms. The Balaban J connectivity index is 5.25. The van der Waals surface area contributed by atoms with Crippen molar-refractivity contribution >= 4 is 39.5 Å². The summed E-state index contributed by atoms with van der Waals surface area (Å²) < 4.78 is 69.0. The zero-order valence-corrected chi connectivity index (χ0v) is 72.4. The number of unbranched alkanes of at least 4 members (excludes halogenated alkanes) is 53. The molecule has 3 N–H and O–H groups in total. The topological polar surface area (TPSA) is 237 Å². The van der Waals surface area contributed by atoms with Crippen molar-refractivity contribution in [3.05, 3.63) is 0 Å². The van der Waals surface area contributed by atoms with Crippen LogP contribution in [-0.4, -0.2) is 96.7 Å². The number of rotatable bonds is 86. The fourth-order valence-electron chi connectivity index (χ4n) is 13.7. The Labute approximate surface area is 658 Å². The quantitative estimate of drug-likeness (QED) is 0.0222. The second-order valence-electron chi connectivity index (χ2n) is 32.8. The SMILES string of the molecule is CCCCCCCCCCCCCCCCCCCCCCC(=O)O[C@H](COC(=O)CCCCCCCCCCCCCCCCCC(C)C)COP(=O)(O)OC[C@@H](O)COP(=O)(O)OC[C@@H](COC(=O)CCCCCCCCCCC(C)C)OC(=O)CCCCCCCCCCCCCCCCC(C)CC. The molecule has 0 fully saturated rings. The molecule has 0 rings (SSSR count). The summed E-state index contributed by atoms with van der Waals surface area (Å²) in [6.07, 6.45) is 69.4. The minimum absolute atomic E-state index is 0.107. The lowest BCUT2D eigenvalue weighted by Gasteiger charge is -2.21. The predicted molar refractivity (Wildman–Crippen MR) is 441 cm³/mol. The van der Waals surface area contributed by atoms with Gasteiger partial charge in [-0.1, -0.05) is 414 Å². The molecule has 6 atom stereocenters. The number of aliphatic hydroxyl groups excluding tert-OH is 1. The molecule has 0 aromatic heterocycles. The number of aliphatic hydroxyl groups is 1. The van der Waals surface area contributed by atoms with Crippen LogP contribution in [0.25, 0.3) is 0 Å². The van der Waals surface area contributed by atoms with E-state index < -0.39 is 97.5 Å². The van der Waals surface area contributed by atoms with Crippen molar-refractivity contribution in [3.8, 4) is 0 Å². The van der Waals surface area contributed by atoms with Crippen LogP contribution in [0.3, 0.4) is 0 Å². The van der Waals surface area contributed by atoms with Gasteiger partial charge in [-0.25, -0.2) is 9.13 Å². The minimum Gasteiger partial charge on any atom is -0.462 e. The lowest BCUT2D eigenvalue weighted by atomic mass is 9.99. The van der Waals surface area contributed by atoms with E-state index in [1.807, 2.05) is 0 Å². The number of esters is 4. The zero-order valence-electron chi connectivity index (χ0n) is 70.6. The lowest BCUT2D eigenvalue weighted by molar-refractivity contribution is -0.161. The predicted octanol–water partition coefficient (Wildman–Crippen LogP) is 26.9. The highest BCUT2D eigenvalue weighted by Gasteiger charge is 2.31. The molecule has 0 aliphatic rings. The Hall–Kier alpha value is -1.94. The molecule has 0 heterocycles. The molecule has 0 aromatic rings. The zero-order chi connectivity index (χ0) is 78.6. The third-order valence-electron chi connectivity index (χ3n) is 21.0. The van der Waals surface area contributed by atoms with Crippen LogP contribution >= 0.6 is 15.6 Å². The third-order valence-corrected chi connectivity index (χ3v) is 22.9. The molecule has 0 amide bonds. The van der Waals surface area contributed by atoms with Gasteiger partial charge in [0, 0.05) is 25.7 Å². The highest BCUT2D eigenvalue weighted by Crippen LogP contribution is 2.45. The Morgan fingerprint density at radius 1 is 0.271 bits per heavy atom. The molecule has 0 spiro atoms. The molecular weight excluding hydrogens is 1390 g/mol. The van der Waals surface area contributed by atoms with E-state index in [-0.39, 0.29) is 25.7 Å². The van der Waals surface area contributed by atoms with E-state index in [4.69, 9.17) is 37.0 Å². The molecule has 0 aromatic carbocycles. The summed E-state index contributed by atoms with van der Waals surface area (Å²) in [7, 11) is -9.93. The molecule has 0 aliphatic carbocycles. The van der Waals surface area contributed by atoms with Gasteiger partial charge in [-0.3, -0.25) is 37.3 Å². The number of phosphoric ester groups is 2. The van der Waals surface area contributed by atoms with Crippen LogP contribution in [0, 0.1) is 17.8 Å². The minimum atomic E-state index is -4.97. The molecule has 636 valence electrons. The van der Waals surface area contributed by atoms with Gasteiger partial charge in [0.2, 0.25) is 0 Å². The summed E-state index contributed by atoms with van der Waals surface area (Å²) in [6.45, 7) is 12.0. The van der Waals surface area contributed by atoms with E-state index in [2.05, 4.69) is 48.5 Å². The molecule has 0 saturated heterocycles. The van der Waals surface area contributed by atoms with Gasteiger partial charge in [0.05, 0.1) is 26.4 Å². The monoisotopic (exact) mass is 1560 g/mol. The number of carbonyl (C=O) groups is 4. The summed E-state index contributed by atoms with van der Waals surface area (Å²) in [6, 6.07) is 0. The fourth-order valence-corrected chi connectivity index (χ4v) is 15.3. The van der Waals surface area contributed by atoms with Gasteiger partial charge >= 0.3 is 39.5 Å². The third kappa shape index (κ3) is 80.5. The van der Waals surface area contributed by atoms with Gasteiger partial charge in [0.15, 0.2) is 12.2 Å². The van der Waals surface area contributed by atoms with E-state index in [0.29, 0.717) is 25.7 Å². The first-order valence-corrected chi connectivity index (χ1v) is 48.4. The van der Waals surface area contributed by atoms with E-state index >= 15 is 0 Å². The van der Waals surface area contributed by atoms with Gasteiger partial charge in [-0.2, -0.15) is 0 Å². The van der Waals surface area contributed by atoms with Gasteiger partial charge in [-0.05, 0) is 43.4 Å². The summed E-state index contributed by atoms with van der Waals surface area (Å²) in [4.78, 5) is 73.3. The van der Waals surface area contributed by atoms with E-state index in [1.165, 1.54) is 276 Å². The van der Waals surface area contributed by atoms with Gasteiger partial charge in [0.25, 0.3) is 0 Å². The summed E-state index contributed by atoms with van der Waals surface area (Å²) in [5.74, 6) is 0.276. The van der Waals surface area contributed by atoms with Crippen LogP contribution in [0.15, 0.2) is 0 Å². The Morgan fingerprint density at radius 3 is 0.710 bits per heavy atom. The maximum Gasteiger partial charge on any atom is 0.472 e. The van der Waals surface area contributed by atoms with E-state index in [1.54, 1.807) is 0 Å². The van der Waals surface area contributed by atoms with Gasteiger partial charge in [-0.15, -0.1) is 0 Å². The number of phosphoric acid groups is 2. The molecule has 19 heteroatoms. The number of hydrogen-bond donors (Lipinski definition) is 3. The number of carbonyl (C=O) groups excluding carboxylic acids is 4. The average molecular weight is 1560 g/mol. The smallest absolute Gasteiger partial charge is 0.462 e. The summed E-state index contributed by atoms with van der Waals surface area (Å²) in [5, 5.41) is 10.7. The Kier molecular flexibility index (Phi) is 76.6. The second kappa shape index (κ2) is 78.0. The standard InChI is InChI=1S/C88H172O17P2/c1-8-10-11-12-13-14-15-16-17-18-19-20-21-24-31-36-41-50-57-64-71-87(92)104-83(75-98-85(90)69-62-55-48-40-35-30-25-22-23-28-33-38-45-52-59-66-79(3)4)77-102-106(94,95)100-73-82(89)74-101-107(96,97)103-78-84(76-99-86(91)70-63-56-49-44-43-46-53-60-67-80(5)6)105-88(93)72-65-58-51-42-37-32-27-26-29-34-39-47-54-61-68-81(7)9-2/h79-84,89H,8-78H2,1-7H3,(H,94,95)(H,96,97)/t81?,82-,83-,84-/m1/s1. The van der Waals surface area contributed by atoms with Gasteiger partial charge < -0.3 is 33.8 Å². The van der Waals surface area contributed by atoms with Crippen molar-refractivity contribution < 1.29 is 80.2 Å². The molecule has 107 heavy (non-hydrogen) atoms. The summed E-state index contributed by atoms with van der Waals surface area (Å²) in [5.41, 5.74) is 0. The van der Waals surface area contributed by atoms with E-state index in [0.717, 1.165) is 108 Å². The summed E-state index contributed by atoms with van der Waals surface area (Å²) >= 11 is 0. The first kappa shape index (κ1) is 105. The first-order valence-electron chi connectivity index (χ1n) is 45.4. The van der Waals surface area contributed by atoms with Crippen molar-refractivity contribution in [3.63, 3.8) is 0 Å². The Bertz CT molecular complexity index is 2060. The maximum atomic E-state index is 13.2. The van der Waals surface area contributed by atoms with Gasteiger partial charge in [0.1, 0.15) is 19.3 Å². The highest BCUT2D eigenvalue weighted by molar-refractivity contribution is 7.47. The first-order chi connectivity index (χ1) is 51.8. The number of hydrogen-bond acceptors (Lipinski definition) is 15. The fraction of sp³-hybridized carbons (Fsp3) is 0.955. The van der Waals surface area contributed by atoms with Crippen molar-refractivity contribution in [2.75, 3.05) is 39.6 Å². The average Bonchev–Trinajstić information content (AvgIpc) is 0.917. The second-order valence-corrected chi connectivity index (χ2v) is 35.7. The van der Waals surface area contributed by atoms with Crippen LogP contribution in [0.2, 0.25) is 0 Å². The molecule has 3 unspecified atom stereocenters. The number of ether oxygens (including phenoxy) is 4. The Morgan fingerprint density at radius 2 is 0.477 bits per heavy atom. The largest absolute Gasteiger partial charge is 0.472 e.